The van der Waals surface area contributed by atoms with Gasteiger partial charge < -0.3 is 5.73 Å². The molecule has 2 nitrogen and oxygen atoms in total. The molecule has 14 heavy (non-hydrogen) atoms. The molecule has 0 aliphatic carbocycles. The molecule has 1 heterocycles. The van der Waals surface area contributed by atoms with E-state index in [0.29, 0.717) is 5.92 Å². The lowest BCUT2D eigenvalue weighted by atomic mass is 10.1. The van der Waals surface area contributed by atoms with E-state index < -0.39 is 0 Å². The van der Waals surface area contributed by atoms with Crippen LogP contribution in [0.2, 0.25) is 0 Å². The van der Waals surface area contributed by atoms with Crippen LogP contribution < -0.4 is 5.73 Å². The van der Waals surface area contributed by atoms with Crippen molar-refractivity contribution in [3.05, 3.63) is 23.2 Å². The number of thiazole rings is 1. The molecule has 0 radical (unpaired) electrons. The van der Waals surface area contributed by atoms with E-state index in [0.717, 1.165) is 17.6 Å². The van der Waals surface area contributed by atoms with Crippen molar-refractivity contribution in [3.63, 3.8) is 0 Å². The van der Waals surface area contributed by atoms with Gasteiger partial charge >= 0.3 is 0 Å². The SMILES string of the molecule is CC[C@@H](C)c1nc2ccc(N)cc2s1. The average molecular weight is 206 g/mol. The van der Waals surface area contributed by atoms with Crippen LogP contribution in [0.25, 0.3) is 10.2 Å². The van der Waals surface area contributed by atoms with Crippen molar-refractivity contribution in [2.75, 3.05) is 5.73 Å². The first kappa shape index (κ1) is 9.46. The zero-order valence-corrected chi connectivity index (χ0v) is 9.27. The molecule has 0 bridgehead atoms. The summed E-state index contributed by atoms with van der Waals surface area (Å²) in [6.07, 6.45) is 1.13. The number of hydrogen-bond acceptors (Lipinski definition) is 3. The van der Waals surface area contributed by atoms with Crippen molar-refractivity contribution in [2.45, 2.75) is 26.2 Å². The van der Waals surface area contributed by atoms with Gasteiger partial charge in [-0.05, 0) is 24.6 Å². The maximum absolute atomic E-state index is 5.72. The van der Waals surface area contributed by atoms with Crippen LogP contribution in [-0.4, -0.2) is 4.98 Å². The van der Waals surface area contributed by atoms with Gasteiger partial charge in [-0.1, -0.05) is 13.8 Å². The second-order valence-electron chi connectivity index (χ2n) is 3.59. The molecule has 74 valence electrons. The molecule has 0 saturated carbocycles. The highest BCUT2D eigenvalue weighted by atomic mass is 32.1. The summed E-state index contributed by atoms with van der Waals surface area (Å²) < 4.78 is 1.19. The van der Waals surface area contributed by atoms with Crippen LogP contribution in [0.15, 0.2) is 18.2 Å². The summed E-state index contributed by atoms with van der Waals surface area (Å²) in [4.78, 5) is 4.59. The smallest absolute Gasteiger partial charge is 0.0966 e. The molecular weight excluding hydrogens is 192 g/mol. The molecule has 1 aromatic heterocycles. The molecule has 2 rings (SSSR count). The van der Waals surface area contributed by atoms with Crippen LogP contribution in [0.1, 0.15) is 31.2 Å². The quantitative estimate of drug-likeness (QED) is 0.765. The number of anilines is 1. The van der Waals surface area contributed by atoms with Gasteiger partial charge in [-0.25, -0.2) is 4.98 Å². The number of fused-ring (bicyclic) bond motifs is 1. The fourth-order valence-corrected chi connectivity index (χ4v) is 2.49. The highest BCUT2D eigenvalue weighted by Crippen LogP contribution is 2.29. The molecule has 2 aromatic rings. The molecule has 0 unspecified atom stereocenters. The van der Waals surface area contributed by atoms with Gasteiger partial charge in [-0.2, -0.15) is 0 Å². The Morgan fingerprint density at radius 2 is 2.29 bits per heavy atom. The number of benzene rings is 1. The van der Waals surface area contributed by atoms with Crippen LogP contribution in [0, 0.1) is 0 Å². The minimum Gasteiger partial charge on any atom is -0.399 e. The fourth-order valence-electron chi connectivity index (χ4n) is 1.34. The minimum atomic E-state index is 0.550. The van der Waals surface area contributed by atoms with Crippen LogP contribution >= 0.6 is 11.3 Å². The number of nitrogens with zero attached hydrogens (tertiary/aromatic N) is 1. The summed E-state index contributed by atoms with van der Waals surface area (Å²) in [5.74, 6) is 0.550. The Hall–Kier alpha value is -1.09. The third-order valence-corrected chi connectivity index (χ3v) is 3.71. The third-order valence-electron chi connectivity index (χ3n) is 2.46. The Balaban J connectivity index is 2.51. The second-order valence-corrected chi connectivity index (χ2v) is 4.65. The van der Waals surface area contributed by atoms with Gasteiger partial charge in [0.05, 0.1) is 15.2 Å². The van der Waals surface area contributed by atoms with E-state index in [9.17, 15) is 0 Å². The standard InChI is InChI=1S/C11H14N2S/c1-3-7(2)11-13-9-5-4-8(12)6-10(9)14-11/h4-7H,3,12H2,1-2H3/t7-/m1/s1. The molecule has 1 atom stereocenters. The van der Waals surface area contributed by atoms with Crippen LogP contribution in [0.3, 0.4) is 0 Å². The Labute approximate surface area is 87.8 Å². The first-order chi connectivity index (χ1) is 6.70. The maximum Gasteiger partial charge on any atom is 0.0966 e. The van der Waals surface area contributed by atoms with E-state index in [4.69, 9.17) is 5.73 Å². The summed E-state index contributed by atoms with van der Waals surface area (Å²) in [5.41, 5.74) is 7.61. The lowest BCUT2D eigenvalue weighted by Gasteiger charge is -2.00. The summed E-state index contributed by atoms with van der Waals surface area (Å²) in [6, 6.07) is 5.90. The number of aromatic nitrogens is 1. The molecule has 0 aliphatic rings. The number of nitrogens with two attached hydrogens (primary N) is 1. The van der Waals surface area contributed by atoms with Crippen molar-refractivity contribution in [1.82, 2.24) is 4.98 Å². The van der Waals surface area contributed by atoms with Crippen molar-refractivity contribution < 1.29 is 0 Å². The van der Waals surface area contributed by atoms with Gasteiger partial charge in [-0.15, -0.1) is 11.3 Å². The lowest BCUT2D eigenvalue weighted by Crippen LogP contribution is -1.88. The topological polar surface area (TPSA) is 38.9 Å². The van der Waals surface area contributed by atoms with E-state index in [1.54, 1.807) is 11.3 Å². The van der Waals surface area contributed by atoms with Crippen LogP contribution in [0.4, 0.5) is 5.69 Å². The molecule has 3 heteroatoms. The summed E-state index contributed by atoms with van der Waals surface area (Å²) >= 11 is 1.75. The van der Waals surface area contributed by atoms with Crippen molar-refractivity contribution >= 4 is 27.2 Å². The molecule has 2 N–H and O–H groups in total. The predicted octanol–water partition coefficient (Wildman–Crippen LogP) is 3.39. The fraction of sp³-hybridized carbons (Fsp3) is 0.364. The summed E-state index contributed by atoms with van der Waals surface area (Å²) in [5, 5.41) is 1.22. The largest absolute Gasteiger partial charge is 0.399 e. The van der Waals surface area contributed by atoms with Crippen molar-refractivity contribution in [1.29, 1.82) is 0 Å². The number of nitrogen functional groups attached to an aromatic ring is 1. The van der Waals surface area contributed by atoms with Crippen LogP contribution in [-0.2, 0) is 0 Å². The number of rotatable bonds is 2. The lowest BCUT2D eigenvalue weighted by molar-refractivity contribution is 0.729. The van der Waals surface area contributed by atoms with E-state index in [1.165, 1.54) is 9.71 Å². The highest BCUT2D eigenvalue weighted by Gasteiger charge is 2.09. The summed E-state index contributed by atoms with van der Waals surface area (Å²) in [6.45, 7) is 4.40. The second kappa shape index (κ2) is 3.58. The zero-order valence-electron chi connectivity index (χ0n) is 8.45. The van der Waals surface area contributed by atoms with E-state index >= 15 is 0 Å². The van der Waals surface area contributed by atoms with Crippen molar-refractivity contribution in [2.24, 2.45) is 0 Å². The zero-order chi connectivity index (χ0) is 10.1. The van der Waals surface area contributed by atoms with Gasteiger partial charge in [0, 0.05) is 11.6 Å². The Morgan fingerprint density at radius 1 is 1.50 bits per heavy atom. The monoisotopic (exact) mass is 206 g/mol. The number of hydrogen-bond donors (Lipinski definition) is 1. The molecular formula is C11H14N2S. The maximum atomic E-state index is 5.72. The molecule has 0 aliphatic heterocycles. The minimum absolute atomic E-state index is 0.550. The van der Waals surface area contributed by atoms with Gasteiger partial charge in [-0.3, -0.25) is 0 Å². The average Bonchev–Trinajstić information content (AvgIpc) is 2.59. The predicted molar refractivity (Wildman–Crippen MR) is 62.7 cm³/mol. The molecule has 0 saturated heterocycles. The molecule has 0 spiro atoms. The molecule has 0 amide bonds. The Morgan fingerprint density at radius 3 is 3.00 bits per heavy atom. The Kier molecular flexibility index (Phi) is 2.42. The Bertz CT molecular complexity index is 447. The van der Waals surface area contributed by atoms with E-state index in [2.05, 4.69) is 18.8 Å². The van der Waals surface area contributed by atoms with Crippen molar-refractivity contribution in [3.8, 4) is 0 Å². The molecule has 1 aromatic carbocycles. The molecule has 0 fully saturated rings. The first-order valence-electron chi connectivity index (χ1n) is 4.86. The van der Waals surface area contributed by atoms with Gasteiger partial charge in [0.15, 0.2) is 0 Å². The van der Waals surface area contributed by atoms with Crippen LogP contribution in [0.5, 0.6) is 0 Å². The van der Waals surface area contributed by atoms with Gasteiger partial charge in [0.2, 0.25) is 0 Å². The van der Waals surface area contributed by atoms with Gasteiger partial charge in [0.25, 0.3) is 0 Å². The summed E-state index contributed by atoms with van der Waals surface area (Å²) in [7, 11) is 0. The third kappa shape index (κ3) is 1.60. The van der Waals surface area contributed by atoms with Gasteiger partial charge in [0.1, 0.15) is 0 Å². The normalized spacial score (nSPS) is 13.3. The first-order valence-corrected chi connectivity index (χ1v) is 5.68. The van der Waals surface area contributed by atoms with E-state index in [-0.39, 0.29) is 0 Å². The highest BCUT2D eigenvalue weighted by molar-refractivity contribution is 7.18. The van der Waals surface area contributed by atoms with E-state index in [1.807, 2.05) is 18.2 Å².